The Hall–Kier alpha value is -2.01. The van der Waals surface area contributed by atoms with Crippen LogP contribution in [0.25, 0.3) is 11.0 Å². The predicted octanol–water partition coefficient (Wildman–Crippen LogP) is 2.09. The molecule has 1 heterocycles. The third kappa shape index (κ3) is 2.14. The molecule has 3 rings (SSSR count). The number of nitrogens with zero attached hydrogens (tertiary/aromatic N) is 2. The van der Waals surface area contributed by atoms with Crippen molar-refractivity contribution in [3.63, 3.8) is 0 Å². The molecule has 2 aromatic rings. The summed E-state index contributed by atoms with van der Waals surface area (Å²) in [6, 6.07) is 5.47. The molecular weight excluding hydrogens is 252 g/mol. The molecule has 1 amide bonds. The van der Waals surface area contributed by atoms with Crippen LogP contribution >= 0.6 is 0 Å². The Morgan fingerprint density at radius 1 is 1.35 bits per heavy atom. The van der Waals surface area contributed by atoms with E-state index in [9.17, 15) is 4.79 Å². The second kappa shape index (κ2) is 4.83. The summed E-state index contributed by atoms with van der Waals surface area (Å²) in [4.78, 5) is 20.9. The van der Waals surface area contributed by atoms with Crippen LogP contribution in [0.15, 0.2) is 30.6 Å². The number of nitrogens with one attached hydrogen (secondary N) is 1. The van der Waals surface area contributed by atoms with Crippen LogP contribution < -0.4 is 11.1 Å². The number of rotatable bonds is 2. The maximum absolute atomic E-state index is 12.5. The number of hydrogen-bond acceptors (Lipinski definition) is 4. The van der Waals surface area contributed by atoms with Gasteiger partial charge < -0.3 is 11.1 Å². The van der Waals surface area contributed by atoms with Gasteiger partial charge in [0.05, 0.1) is 16.4 Å². The van der Waals surface area contributed by atoms with E-state index in [1.165, 1.54) is 0 Å². The Balaban J connectivity index is 1.84. The highest BCUT2D eigenvalue weighted by Gasteiger charge is 2.42. The van der Waals surface area contributed by atoms with Gasteiger partial charge in [0.2, 0.25) is 5.91 Å². The zero-order valence-electron chi connectivity index (χ0n) is 11.5. The van der Waals surface area contributed by atoms with Crippen molar-refractivity contribution in [3.05, 3.63) is 30.6 Å². The molecule has 0 bridgehead atoms. The van der Waals surface area contributed by atoms with E-state index < -0.39 is 5.41 Å². The molecule has 1 fully saturated rings. The first-order chi connectivity index (χ1) is 9.59. The van der Waals surface area contributed by atoms with E-state index >= 15 is 0 Å². The van der Waals surface area contributed by atoms with E-state index in [2.05, 4.69) is 15.3 Å². The number of anilines is 1. The minimum atomic E-state index is -0.475. The molecule has 1 aromatic heterocycles. The zero-order chi connectivity index (χ0) is 14.2. The molecule has 1 saturated carbocycles. The Bertz CT molecular complexity index is 657. The van der Waals surface area contributed by atoms with Gasteiger partial charge in [0, 0.05) is 24.1 Å². The van der Waals surface area contributed by atoms with Crippen LogP contribution in [0.2, 0.25) is 0 Å². The molecule has 0 spiro atoms. The Morgan fingerprint density at radius 3 is 2.80 bits per heavy atom. The molecule has 0 aliphatic heterocycles. The van der Waals surface area contributed by atoms with Crippen LogP contribution in [0.4, 0.5) is 5.69 Å². The van der Waals surface area contributed by atoms with E-state index in [0.29, 0.717) is 0 Å². The summed E-state index contributed by atoms with van der Waals surface area (Å²) >= 11 is 0. The fourth-order valence-corrected chi connectivity index (χ4v) is 2.79. The van der Waals surface area contributed by atoms with Gasteiger partial charge in [0.25, 0.3) is 0 Å². The topological polar surface area (TPSA) is 80.9 Å². The highest BCUT2D eigenvalue weighted by molar-refractivity contribution is 5.97. The monoisotopic (exact) mass is 270 g/mol. The lowest BCUT2D eigenvalue weighted by Gasteiger charge is -2.27. The van der Waals surface area contributed by atoms with Crippen molar-refractivity contribution in [2.24, 2.45) is 11.1 Å². The Labute approximate surface area is 117 Å². The van der Waals surface area contributed by atoms with E-state index in [1.54, 1.807) is 12.4 Å². The second-order valence-corrected chi connectivity index (χ2v) is 5.63. The lowest BCUT2D eigenvalue weighted by molar-refractivity contribution is -0.125. The highest BCUT2D eigenvalue weighted by Crippen LogP contribution is 2.37. The van der Waals surface area contributed by atoms with Gasteiger partial charge in [-0.1, -0.05) is 6.42 Å². The predicted molar refractivity (Wildman–Crippen MR) is 78.1 cm³/mol. The van der Waals surface area contributed by atoms with Crippen LogP contribution in [-0.2, 0) is 4.79 Å². The number of fused-ring (bicyclic) bond motifs is 1. The normalized spacial score (nSPS) is 25.8. The number of aromatic nitrogens is 2. The summed E-state index contributed by atoms with van der Waals surface area (Å²) in [7, 11) is 0. The molecule has 3 N–H and O–H groups in total. The molecule has 5 heteroatoms. The van der Waals surface area contributed by atoms with E-state index in [4.69, 9.17) is 5.73 Å². The van der Waals surface area contributed by atoms with Crippen LogP contribution in [0, 0.1) is 5.41 Å². The van der Waals surface area contributed by atoms with E-state index in [0.717, 1.165) is 36.0 Å². The Morgan fingerprint density at radius 2 is 2.10 bits per heavy atom. The van der Waals surface area contributed by atoms with Gasteiger partial charge in [-0.25, -0.2) is 0 Å². The zero-order valence-corrected chi connectivity index (χ0v) is 11.5. The first-order valence-corrected chi connectivity index (χ1v) is 6.87. The van der Waals surface area contributed by atoms with Crippen molar-refractivity contribution < 1.29 is 4.79 Å². The number of hydrogen-bond donors (Lipinski definition) is 2. The molecule has 20 heavy (non-hydrogen) atoms. The van der Waals surface area contributed by atoms with Gasteiger partial charge in [-0.15, -0.1) is 0 Å². The minimum absolute atomic E-state index is 0.00857. The van der Waals surface area contributed by atoms with Gasteiger partial charge in [-0.2, -0.15) is 0 Å². The average Bonchev–Trinajstić information content (AvgIpc) is 2.80. The summed E-state index contributed by atoms with van der Waals surface area (Å²) in [5.41, 5.74) is 7.92. The molecule has 5 nitrogen and oxygen atoms in total. The first kappa shape index (κ1) is 13.0. The number of carbonyl (C=O) groups excluding carboxylic acids is 1. The molecule has 2 unspecified atom stereocenters. The van der Waals surface area contributed by atoms with E-state index in [-0.39, 0.29) is 11.9 Å². The summed E-state index contributed by atoms with van der Waals surface area (Å²) in [5.74, 6) is -0.00857. The summed E-state index contributed by atoms with van der Waals surface area (Å²) in [6.07, 6.45) is 6.05. The molecule has 1 aromatic carbocycles. The van der Waals surface area contributed by atoms with Gasteiger partial charge >= 0.3 is 0 Å². The van der Waals surface area contributed by atoms with Gasteiger partial charge in [-0.3, -0.25) is 14.8 Å². The third-order valence-corrected chi connectivity index (χ3v) is 4.28. The van der Waals surface area contributed by atoms with Crippen molar-refractivity contribution in [2.75, 3.05) is 5.32 Å². The van der Waals surface area contributed by atoms with Crippen LogP contribution in [0.3, 0.4) is 0 Å². The van der Waals surface area contributed by atoms with Crippen molar-refractivity contribution in [2.45, 2.75) is 32.2 Å². The molecule has 2 atom stereocenters. The molecule has 0 saturated heterocycles. The summed E-state index contributed by atoms with van der Waals surface area (Å²) in [5, 5.41) is 2.96. The standard InChI is InChI=1S/C15H18N4O/c1-15(6-2-3-13(15)16)14(20)19-10-4-5-11-12(9-10)18-8-7-17-11/h4-5,7-9,13H,2-3,6,16H2,1H3,(H,19,20). The van der Waals surface area contributed by atoms with Crippen molar-refractivity contribution in [1.29, 1.82) is 0 Å². The number of benzene rings is 1. The largest absolute Gasteiger partial charge is 0.327 e. The van der Waals surface area contributed by atoms with Crippen molar-refractivity contribution in [1.82, 2.24) is 9.97 Å². The van der Waals surface area contributed by atoms with Crippen LogP contribution in [0.5, 0.6) is 0 Å². The van der Waals surface area contributed by atoms with Gasteiger partial charge in [0.1, 0.15) is 0 Å². The first-order valence-electron chi connectivity index (χ1n) is 6.87. The fraction of sp³-hybridized carbons (Fsp3) is 0.400. The third-order valence-electron chi connectivity index (χ3n) is 4.28. The van der Waals surface area contributed by atoms with Gasteiger partial charge in [0.15, 0.2) is 0 Å². The molecular formula is C15H18N4O. The SMILES string of the molecule is CC1(C(=O)Nc2ccc3nccnc3c2)CCCC1N. The van der Waals surface area contributed by atoms with Crippen molar-refractivity contribution in [3.8, 4) is 0 Å². The van der Waals surface area contributed by atoms with E-state index in [1.807, 2.05) is 25.1 Å². The smallest absolute Gasteiger partial charge is 0.231 e. The van der Waals surface area contributed by atoms with Crippen molar-refractivity contribution >= 4 is 22.6 Å². The highest BCUT2D eigenvalue weighted by atomic mass is 16.2. The summed E-state index contributed by atoms with van der Waals surface area (Å²) in [6.45, 7) is 1.95. The molecule has 1 aliphatic rings. The molecule has 0 radical (unpaired) electrons. The molecule has 104 valence electrons. The number of carbonyl (C=O) groups is 1. The Kier molecular flexibility index (Phi) is 3.14. The van der Waals surface area contributed by atoms with Gasteiger partial charge in [-0.05, 0) is 38.0 Å². The minimum Gasteiger partial charge on any atom is -0.327 e. The van der Waals surface area contributed by atoms with Crippen LogP contribution in [-0.4, -0.2) is 21.9 Å². The average molecular weight is 270 g/mol. The lowest BCUT2D eigenvalue weighted by atomic mass is 9.84. The second-order valence-electron chi connectivity index (χ2n) is 5.63. The lowest BCUT2D eigenvalue weighted by Crippen LogP contribution is -2.44. The quantitative estimate of drug-likeness (QED) is 0.875. The summed E-state index contributed by atoms with van der Waals surface area (Å²) < 4.78 is 0. The number of nitrogens with two attached hydrogens (primary N) is 1. The maximum atomic E-state index is 12.5. The van der Waals surface area contributed by atoms with Crippen LogP contribution in [0.1, 0.15) is 26.2 Å². The molecule has 1 aliphatic carbocycles. The maximum Gasteiger partial charge on any atom is 0.231 e. The number of amides is 1. The fourth-order valence-electron chi connectivity index (χ4n) is 2.79.